The Morgan fingerprint density at radius 3 is 2.62 bits per heavy atom. The fourth-order valence-corrected chi connectivity index (χ4v) is 3.62. The molecule has 1 N–H and O–H groups in total. The minimum Gasteiger partial charge on any atom is -0.356 e. The fraction of sp³-hybridized carbons (Fsp3) is 0.360. The summed E-state index contributed by atoms with van der Waals surface area (Å²) in [6, 6.07) is 16.3. The van der Waals surface area contributed by atoms with E-state index >= 15 is 0 Å². The number of aromatic nitrogens is 2. The lowest BCUT2D eigenvalue weighted by Crippen LogP contribution is -2.26. The molecule has 2 aromatic carbocycles. The first-order chi connectivity index (χ1) is 14.0. The summed E-state index contributed by atoms with van der Waals surface area (Å²) in [7, 11) is 0. The van der Waals surface area contributed by atoms with E-state index in [-0.39, 0.29) is 5.91 Å². The standard InChI is InChI=1S/C25H31N3O/c1-19(2)18-28-23-14-9-8-13-22(23)27-24(28)15-5-4-10-16-26-25(29)17-21-12-7-6-11-20(21)3/h6-9,11-14H,1,4-5,10,15-18H2,2-3H3,(H,26,29). The molecule has 1 amide bonds. The van der Waals surface area contributed by atoms with Gasteiger partial charge in [0.15, 0.2) is 0 Å². The molecule has 0 fully saturated rings. The molecule has 3 aromatic rings. The van der Waals surface area contributed by atoms with Crippen LogP contribution in [-0.2, 0) is 24.2 Å². The minimum atomic E-state index is 0.0996. The monoisotopic (exact) mass is 389 g/mol. The summed E-state index contributed by atoms with van der Waals surface area (Å²) in [5.74, 6) is 1.22. The normalized spacial score (nSPS) is 11.0. The number of aryl methyl sites for hydroxylation is 2. The molecule has 0 bridgehead atoms. The van der Waals surface area contributed by atoms with Crippen LogP contribution in [0.2, 0.25) is 0 Å². The van der Waals surface area contributed by atoms with Crippen LogP contribution in [0.15, 0.2) is 60.7 Å². The summed E-state index contributed by atoms with van der Waals surface area (Å²) >= 11 is 0. The lowest BCUT2D eigenvalue weighted by molar-refractivity contribution is -0.120. The Balaban J connectivity index is 1.43. The fourth-order valence-electron chi connectivity index (χ4n) is 3.62. The molecule has 1 aromatic heterocycles. The molecule has 29 heavy (non-hydrogen) atoms. The van der Waals surface area contributed by atoms with E-state index in [0.717, 1.165) is 61.3 Å². The van der Waals surface area contributed by atoms with Crippen LogP contribution < -0.4 is 5.32 Å². The molecule has 1 heterocycles. The third-order valence-electron chi connectivity index (χ3n) is 5.17. The van der Waals surface area contributed by atoms with Crippen LogP contribution in [0, 0.1) is 6.92 Å². The van der Waals surface area contributed by atoms with Crippen LogP contribution in [0.3, 0.4) is 0 Å². The number of imidazole rings is 1. The molecular formula is C25H31N3O. The molecule has 4 heteroatoms. The number of unbranched alkanes of at least 4 members (excludes halogenated alkanes) is 2. The molecule has 0 saturated carbocycles. The van der Waals surface area contributed by atoms with Crippen molar-refractivity contribution in [1.82, 2.24) is 14.9 Å². The van der Waals surface area contributed by atoms with Gasteiger partial charge in [0, 0.05) is 19.5 Å². The SMILES string of the molecule is C=C(C)Cn1c(CCCCCNC(=O)Cc2ccccc2C)nc2ccccc21. The quantitative estimate of drug-likeness (QED) is 0.392. The largest absolute Gasteiger partial charge is 0.356 e. The van der Waals surface area contributed by atoms with Crippen molar-refractivity contribution in [3.8, 4) is 0 Å². The van der Waals surface area contributed by atoms with Gasteiger partial charge in [0.05, 0.1) is 17.5 Å². The van der Waals surface area contributed by atoms with Crippen LogP contribution in [-0.4, -0.2) is 22.0 Å². The van der Waals surface area contributed by atoms with Crippen molar-refractivity contribution in [3.63, 3.8) is 0 Å². The van der Waals surface area contributed by atoms with Crippen molar-refractivity contribution in [1.29, 1.82) is 0 Å². The van der Waals surface area contributed by atoms with E-state index in [1.807, 2.05) is 37.3 Å². The van der Waals surface area contributed by atoms with E-state index in [1.165, 1.54) is 11.1 Å². The maximum absolute atomic E-state index is 12.1. The maximum atomic E-state index is 12.1. The summed E-state index contributed by atoms with van der Waals surface area (Å²) in [5, 5.41) is 3.04. The predicted octanol–water partition coefficient (Wildman–Crippen LogP) is 4.99. The number of para-hydroxylation sites is 2. The summed E-state index contributed by atoms with van der Waals surface area (Å²) < 4.78 is 2.28. The number of carbonyl (C=O) groups excluding carboxylic acids is 1. The van der Waals surface area contributed by atoms with E-state index < -0.39 is 0 Å². The van der Waals surface area contributed by atoms with Crippen LogP contribution in [0.1, 0.15) is 43.1 Å². The summed E-state index contributed by atoms with van der Waals surface area (Å²) in [6.07, 6.45) is 4.52. The number of allylic oxidation sites excluding steroid dienone is 1. The van der Waals surface area contributed by atoms with Crippen molar-refractivity contribution in [2.75, 3.05) is 6.54 Å². The van der Waals surface area contributed by atoms with Crippen molar-refractivity contribution >= 4 is 16.9 Å². The molecule has 0 aliphatic heterocycles. The average molecular weight is 390 g/mol. The number of carbonyl (C=O) groups is 1. The van der Waals surface area contributed by atoms with Gasteiger partial charge in [-0.2, -0.15) is 0 Å². The topological polar surface area (TPSA) is 46.9 Å². The van der Waals surface area contributed by atoms with E-state index in [0.29, 0.717) is 6.42 Å². The zero-order valence-corrected chi connectivity index (χ0v) is 17.6. The Morgan fingerprint density at radius 1 is 1.07 bits per heavy atom. The van der Waals surface area contributed by atoms with Crippen LogP contribution in [0.5, 0.6) is 0 Å². The van der Waals surface area contributed by atoms with Crippen LogP contribution >= 0.6 is 0 Å². The van der Waals surface area contributed by atoms with Crippen molar-refractivity contribution in [3.05, 3.63) is 77.6 Å². The van der Waals surface area contributed by atoms with Crippen molar-refractivity contribution in [2.24, 2.45) is 0 Å². The number of hydrogen-bond donors (Lipinski definition) is 1. The second kappa shape index (κ2) is 10.1. The highest BCUT2D eigenvalue weighted by Gasteiger charge is 2.10. The number of fused-ring (bicyclic) bond motifs is 1. The molecule has 0 aliphatic rings. The highest BCUT2D eigenvalue weighted by Crippen LogP contribution is 2.19. The molecule has 0 unspecified atom stereocenters. The van der Waals surface area contributed by atoms with E-state index in [4.69, 9.17) is 4.98 Å². The van der Waals surface area contributed by atoms with Gasteiger partial charge < -0.3 is 9.88 Å². The number of benzene rings is 2. The minimum absolute atomic E-state index is 0.0996. The van der Waals surface area contributed by atoms with Gasteiger partial charge in [0.2, 0.25) is 5.91 Å². The zero-order chi connectivity index (χ0) is 20.6. The molecule has 0 atom stereocenters. The summed E-state index contributed by atoms with van der Waals surface area (Å²) in [5.41, 5.74) is 5.62. The third-order valence-corrected chi connectivity index (χ3v) is 5.17. The van der Waals surface area contributed by atoms with Gasteiger partial charge in [0.1, 0.15) is 5.82 Å². The van der Waals surface area contributed by atoms with Gasteiger partial charge in [-0.25, -0.2) is 4.98 Å². The van der Waals surface area contributed by atoms with Gasteiger partial charge in [-0.1, -0.05) is 55.0 Å². The van der Waals surface area contributed by atoms with E-state index in [1.54, 1.807) is 0 Å². The zero-order valence-electron chi connectivity index (χ0n) is 17.6. The number of hydrogen-bond acceptors (Lipinski definition) is 2. The average Bonchev–Trinajstić information content (AvgIpc) is 3.03. The third kappa shape index (κ3) is 5.80. The molecule has 0 spiro atoms. The number of nitrogens with one attached hydrogen (secondary N) is 1. The second-order valence-electron chi connectivity index (χ2n) is 7.82. The summed E-state index contributed by atoms with van der Waals surface area (Å²) in [4.78, 5) is 17.0. The Morgan fingerprint density at radius 2 is 1.83 bits per heavy atom. The van der Waals surface area contributed by atoms with Gasteiger partial charge in [-0.05, 0) is 49.9 Å². The molecular weight excluding hydrogens is 358 g/mol. The smallest absolute Gasteiger partial charge is 0.224 e. The van der Waals surface area contributed by atoms with E-state index in [2.05, 4.69) is 41.6 Å². The number of rotatable bonds is 10. The molecule has 4 nitrogen and oxygen atoms in total. The maximum Gasteiger partial charge on any atom is 0.224 e. The molecule has 0 radical (unpaired) electrons. The van der Waals surface area contributed by atoms with Crippen LogP contribution in [0.25, 0.3) is 11.0 Å². The Hall–Kier alpha value is -2.88. The van der Waals surface area contributed by atoms with Gasteiger partial charge in [0.25, 0.3) is 0 Å². The second-order valence-corrected chi connectivity index (χ2v) is 7.82. The van der Waals surface area contributed by atoms with Crippen molar-refractivity contribution in [2.45, 2.75) is 52.5 Å². The molecule has 3 rings (SSSR count). The van der Waals surface area contributed by atoms with Gasteiger partial charge >= 0.3 is 0 Å². The number of nitrogens with zero attached hydrogens (tertiary/aromatic N) is 2. The van der Waals surface area contributed by atoms with Crippen molar-refractivity contribution < 1.29 is 4.79 Å². The molecule has 152 valence electrons. The lowest BCUT2D eigenvalue weighted by atomic mass is 10.1. The Kier molecular flexibility index (Phi) is 7.23. The number of amides is 1. The van der Waals surface area contributed by atoms with Gasteiger partial charge in [-0.3, -0.25) is 4.79 Å². The first-order valence-electron chi connectivity index (χ1n) is 10.4. The van der Waals surface area contributed by atoms with E-state index in [9.17, 15) is 4.79 Å². The van der Waals surface area contributed by atoms with Crippen LogP contribution in [0.4, 0.5) is 0 Å². The molecule has 0 saturated heterocycles. The highest BCUT2D eigenvalue weighted by molar-refractivity contribution is 5.78. The predicted molar refractivity (Wildman–Crippen MR) is 120 cm³/mol. The van der Waals surface area contributed by atoms with Gasteiger partial charge in [-0.15, -0.1) is 0 Å². The highest BCUT2D eigenvalue weighted by atomic mass is 16.1. The molecule has 0 aliphatic carbocycles. The summed E-state index contributed by atoms with van der Waals surface area (Å²) in [6.45, 7) is 9.70. The Bertz CT molecular complexity index is 987. The Labute approximate surface area is 173 Å². The first-order valence-corrected chi connectivity index (χ1v) is 10.4. The first kappa shape index (κ1) is 20.8. The lowest BCUT2D eigenvalue weighted by Gasteiger charge is -2.09.